The molecule has 0 unspecified atom stereocenters. The Kier molecular flexibility index (Phi) is 3.43. The van der Waals surface area contributed by atoms with Gasteiger partial charge in [-0.25, -0.2) is 4.98 Å². The Morgan fingerprint density at radius 3 is 3.09 bits per heavy atom. The van der Waals surface area contributed by atoms with Crippen molar-refractivity contribution in [3.05, 3.63) is 30.8 Å². The van der Waals surface area contributed by atoms with Crippen LogP contribution in [0.2, 0.25) is 0 Å². The molecule has 0 aliphatic heterocycles. The van der Waals surface area contributed by atoms with Gasteiger partial charge in [-0.05, 0) is 30.7 Å². The van der Waals surface area contributed by atoms with Crippen LogP contribution in [0.4, 0.5) is 0 Å². The highest BCUT2D eigenvalue weighted by molar-refractivity contribution is 7.99. The Hall–Kier alpha value is -0.500. The van der Waals surface area contributed by atoms with Crippen LogP contribution >= 0.6 is 11.8 Å². The molecule has 1 radical (unpaired) electrons. The molecule has 0 saturated heterocycles. The minimum absolute atomic E-state index is 1.03. The van der Waals surface area contributed by atoms with Crippen LogP contribution in [-0.4, -0.2) is 10.7 Å². The van der Waals surface area contributed by atoms with Crippen molar-refractivity contribution in [3.63, 3.8) is 0 Å². The Labute approximate surface area is 72.2 Å². The summed E-state index contributed by atoms with van der Waals surface area (Å²) in [5, 5.41) is 1.06. The molecule has 1 aromatic heterocycles. The Bertz CT molecular complexity index is 223. The van der Waals surface area contributed by atoms with Crippen LogP contribution in [0.25, 0.3) is 0 Å². The molecular weight excluding hydrogens is 154 g/mol. The fourth-order valence-electron chi connectivity index (χ4n) is 0.753. The summed E-state index contributed by atoms with van der Waals surface area (Å²) in [6, 6.07) is 3.91. The molecule has 0 bridgehead atoms. The molecule has 0 aliphatic rings. The van der Waals surface area contributed by atoms with Crippen molar-refractivity contribution in [1.29, 1.82) is 0 Å². The van der Waals surface area contributed by atoms with Crippen molar-refractivity contribution in [3.8, 4) is 0 Å². The van der Waals surface area contributed by atoms with Crippen molar-refractivity contribution in [2.75, 3.05) is 5.75 Å². The molecule has 0 aliphatic carbocycles. The molecule has 59 valence electrons. The number of thioether (sulfide) groups is 1. The van der Waals surface area contributed by atoms with E-state index in [4.69, 9.17) is 0 Å². The topological polar surface area (TPSA) is 12.9 Å². The van der Waals surface area contributed by atoms with Gasteiger partial charge >= 0.3 is 0 Å². The third kappa shape index (κ3) is 2.54. The lowest BCUT2D eigenvalue weighted by molar-refractivity contribution is 1.07. The summed E-state index contributed by atoms with van der Waals surface area (Å²) in [6.07, 6.45) is 2.99. The van der Waals surface area contributed by atoms with Gasteiger partial charge in [0.1, 0.15) is 0 Å². The van der Waals surface area contributed by atoms with E-state index in [0.717, 1.165) is 16.3 Å². The number of rotatable bonds is 3. The molecule has 0 aromatic carbocycles. The predicted octanol–water partition coefficient (Wildman–Crippen LogP) is 2.77. The summed E-state index contributed by atoms with van der Waals surface area (Å²) in [7, 11) is 0. The van der Waals surface area contributed by atoms with Crippen molar-refractivity contribution in [1.82, 2.24) is 4.98 Å². The van der Waals surface area contributed by atoms with E-state index >= 15 is 0 Å². The van der Waals surface area contributed by atoms with E-state index in [-0.39, 0.29) is 0 Å². The minimum Gasteiger partial charge on any atom is -0.250 e. The second-order valence-corrected chi connectivity index (χ2v) is 3.40. The highest BCUT2D eigenvalue weighted by atomic mass is 32.2. The average Bonchev–Trinajstić information content (AvgIpc) is 2.03. The molecule has 1 aromatic rings. The fourth-order valence-corrected chi connectivity index (χ4v) is 1.54. The Balaban J connectivity index is 2.62. The first-order valence-electron chi connectivity index (χ1n) is 3.74. The summed E-state index contributed by atoms with van der Waals surface area (Å²) >= 11 is 1.77. The lowest BCUT2D eigenvalue weighted by atomic mass is 10.3. The molecule has 1 rings (SSSR count). The van der Waals surface area contributed by atoms with Gasteiger partial charge in [0.05, 0.1) is 5.03 Å². The van der Waals surface area contributed by atoms with Crippen LogP contribution in [0.1, 0.15) is 18.9 Å². The van der Waals surface area contributed by atoms with Crippen LogP contribution in [0, 0.1) is 6.92 Å². The number of pyridine rings is 1. The van der Waals surface area contributed by atoms with Gasteiger partial charge < -0.3 is 0 Å². The van der Waals surface area contributed by atoms with E-state index in [2.05, 4.69) is 18.8 Å². The Morgan fingerprint density at radius 1 is 1.64 bits per heavy atom. The van der Waals surface area contributed by atoms with E-state index < -0.39 is 0 Å². The van der Waals surface area contributed by atoms with Crippen molar-refractivity contribution >= 4 is 11.8 Å². The monoisotopic (exact) mass is 166 g/mol. The van der Waals surface area contributed by atoms with E-state index in [1.807, 2.05) is 18.3 Å². The molecule has 0 N–H and O–H groups in total. The molecule has 0 amide bonds. The largest absolute Gasteiger partial charge is 0.250 e. The number of nitrogens with zero attached hydrogens (tertiary/aromatic N) is 1. The van der Waals surface area contributed by atoms with E-state index in [1.165, 1.54) is 6.42 Å². The molecule has 0 atom stereocenters. The van der Waals surface area contributed by atoms with Crippen molar-refractivity contribution in [2.45, 2.75) is 18.4 Å². The van der Waals surface area contributed by atoms with Crippen molar-refractivity contribution in [2.24, 2.45) is 0 Å². The van der Waals surface area contributed by atoms with Gasteiger partial charge in [-0.15, -0.1) is 11.8 Å². The standard InChI is InChI=1S/C9H12NS/c1-3-7-11-9-8(2)5-4-6-10-9/h4-6H,2-3,7H2,1H3. The second-order valence-electron chi connectivity index (χ2n) is 2.32. The molecule has 1 nitrogen and oxygen atoms in total. The number of hydrogen-bond acceptors (Lipinski definition) is 2. The van der Waals surface area contributed by atoms with Crippen LogP contribution in [0.15, 0.2) is 23.4 Å². The maximum Gasteiger partial charge on any atom is 0.0991 e. The summed E-state index contributed by atoms with van der Waals surface area (Å²) in [4.78, 5) is 4.22. The molecule has 11 heavy (non-hydrogen) atoms. The maximum atomic E-state index is 4.22. The van der Waals surface area contributed by atoms with Crippen LogP contribution < -0.4 is 0 Å². The minimum atomic E-state index is 1.03. The smallest absolute Gasteiger partial charge is 0.0991 e. The first-order valence-corrected chi connectivity index (χ1v) is 4.73. The molecule has 2 heteroatoms. The quantitative estimate of drug-likeness (QED) is 0.640. The van der Waals surface area contributed by atoms with E-state index in [9.17, 15) is 0 Å². The highest BCUT2D eigenvalue weighted by Gasteiger charge is 1.96. The summed E-state index contributed by atoms with van der Waals surface area (Å²) < 4.78 is 0. The zero-order valence-corrected chi connectivity index (χ0v) is 7.53. The summed E-state index contributed by atoms with van der Waals surface area (Å²) in [5.41, 5.74) is 1.03. The lowest BCUT2D eigenvalue weighted by Gasteiger charge is -2.00. The summed E-state index contributed by atoms with van der Waals surface area (Å²) in [6.45, 7) is 6.06. The van der Waals surface area contributed by atoms with Crippen LogP contribution in [0.5, 0.6) is 0 Å². The highest BCUT2D eigenvalue weighted by Crippen LogP contribution is 2.18. The Morgan fingerprint density at radius 2 is 2.45 bits per heavy atom. The first-order chi connectivity index (χ1) is 5.34. The number of hydrogen-bond donors (Lipinski definition) is 0. The molecule has 0 fully saturated rings. The summed E-state index contributed by atoms with van der Waals surface area (Å²) in [5.74, 6) is 1.12. The van der Waals surface area contributed by atoms with Gasteiger partial charge in [-0.1, -0.05) is 13.0 Å². The predicted molar refractivity (Wildman–Crippen MR) is 49.7 cm³/mol. The first kappa shape index (κ1) is 8.60. The average molecular weight is 166 g/mol. The fraction of sp³-hybridized carbons (Fsp3) is 0.333. The molecule has 1 heterocycles. The number of aromatic nitrogens is 1. The molecule has 0 spiro atoms. The van der Waals surface area contributed by atoms with Gasteiger partial charge in [0.25, 0.3) is 0 Å². The van der Waals surface area contributed by atoms with Gasteiger partial charge in [-0.3, -0.25) is 0 Å². The maximum absolute atomic E-state index is 4.22. The zero-order chi connectivity index (χ0) is 8.10. The molecular formula is C9H12NS. The SMILES string of the molecule is [CH2]c1cccnc1SCCC. The zero-order valence-electron chi connectivity index (χ0n) is 6.71. The van der Waals surface area contributed by atoms with E-state index in [1.54, 1.807) is 11.8 Å². The van der Waals surface area contributed by atoms with Gasteiger partial charge in [0.2, 0.25) is 0 Å². The normalized spacial score (nSPS) is 10.0. The lowest BCUT2D eigenvalue weighted by Crippen LogP contribution is -1.84. The van der Waals surface area contributed by atoms with Crippen molar-refractivity contribution < 1.29 is 0 Å². The van der Waals surface area contributed by atoms with E-state index in [0.29, 0.717) is 0 Å². The van der Waals surface area contributed by atoms with Crippen LogP contribution in [-0.2, 0) is 0 Å². The third-order valence-electron chi connectivity index (χ3n) is 1.29. The van der Waals surface area contributed by atoms with Gasteiger partial charge in [0, 0.05) is 6.20 Å². The van der Waals surface area contributed by atoms with Gasteiger partial charge in [0.15, 0.2) is 0 Å². The van der Waals surface area contributed by atoms with Gasteiger partial charge in [-0.2, -0.15) is 0 Å². The molecule has 0 saturated carbocycles. The van der Waals surface area contributed by atoms with Crippen LogP contribution in [0.3, 0.4) is 0 Å². The second kappa shape index (κ2) is 4.39. The third-order valence-corrected chi connectivity index (χ3v) is 2.55.